The Labute approximate surface area is 185 Å². The van der Waals surface area contributed by atoms with E-state index in [1.54, 1.807) is 24.3 Å². The van der Waals surface area contributed by atoms with Crippen molar-refractivity contribution in [1.82, 2.24) is 10.3 Å². The third-order valence-corrected chi connectivity index (χ3v) is 5.19. The zero-order valence-electron chi connectivity index (χ0n) is 16.7. The summed E-state index contributed by atoms with van der Waals surface area (Å²) in [7, 11) is 3.95. The summed E-state index contributed by atoms with van der Waals surface area (Å²) in [5.41, 5.74) is 8.95. The molecule has 6 nitrogen and oxygen atoms in total. The second-order valence-corrected chi connectivity index (χ2v) is 7.65. The maximum Gasteiger partial charge on any atom is 0.253 e. The minimum atomic E-state index is -0.278. The summed E-state index contributed by atoms with van der Waals surface area (Å²) in [5, 5.41) is 3.85. The highest BCUT2D eigenvalue weighted by atomic mass is 35.5. The number of carbonyl (C=O) groups is 1. The summed E-state index contributed by atoms with van der Waals surface area (Å²) >= 11 is 12.3. The first-order valence-electron chi connectivity index (χ1n) is 9.21. The Kier molecular flexibility index (Phi) is 7.03. The molecule has 0 unspecified atom stereocenters. The van der Waals surface area contributed by atoms with Gasteiger partial charge in [-0.1, -0.05) is 41.4 Å². The summed E-state index contributed by atoms with van der Waals surface area (Å²) in [4.78, 5) is 18.6. The van der Waals surface area contributed by atoms with Gasteiger partial charge in [-0.25, -0.2) is 4.98 Å². The van der Waals surface area contributed by atoms with E-state index in [9.17, 15) is 4.79 Å². The number of nitrogens with one attached hydrogen (secondary N) is 1. The van der Waals surface area contributed by atoms with Gasteiger partial charge in [0.2, 0.25) is 0 Å². The number of carbonyl (C=O) groups excluding carboxylic acids is 1. The number of nitrogen functional groups attached to an aromatic ring is 1. The lowest BCUT2D eigenvalue weighted by Gasteiger charge is -2.13. The standard InChI is InChI=1S/C22H22Cl2N4O2/c1-28(2)16-8-6-14(7-9-16)11-27-22(29)15-10-20(21(25)26-12-15)30-13-17-18(23)4-3-5-19(17)24/h3-10,12H,11,13H2,1-2H3,(H2,25,26)(H,27,29). The lowest BCUT2D eigenvalue weighted by molar-refractivity contribution is 0.0950. The summed E-state index contributed by atoms with van der Waals surface area (Å²) in [5.74, 6) is 0.183. The first kappa shape index (κ1) is 21.7. The number of anilines is 2. The van der Waals surface area contributed by atoms with Crippen LogP contribution in [0, 0.1) is 0 Å². The Bertz CT molecular complexity index is 1020. The van der Waals surface area contributed by atoms with E-state index in [-0.39, 0.29) is 24.1 Å². The number of amides is 1. The number of hydrogen-bond donors (Lipinski definition) is 2. The van der Waals surface area contributed by atoms with E-state index >= 15 is 0 Å². The van der Waals surface area contributed by atoms with Crippen molar-refractivity contribution in [2.24, 2.45) is 0 Å². The lowest BCUT2D eigenvalue weighted by atomic mass is 10.2. The van der Waals surface area contributed by atoms with Crippen LogP contribution in [0.25, 0.3) is 0 Å². The zero-order chi connectivity index (χ0) is 21.7. The van der Waals surface area contributed by atoms with E-state index in [2.05, 4.69) is 10.3 Å². The highest BCUT2D eigenvalue weighted by Gasteiger charge is 2.13. The number of benzene rings is 2. The SMILES string of the molecule is CN(C)c1ccc(CNC(=O)c2cnc(N)c(OCc3c(Cl)cccc3Cl)c2)cc1. The van der Waals surface area contributed by atoms with Gasteiger partial charge < -0.3 is 20.7 Å². The van der Waals surface area contributed by atoms with Gasteiger partial charge >= 0.3 is 0 Å². The lowest BCUT2D eigenvalue weighted by Crippen LogP contribution is -2.23. The third kappa shape index (κ3) is 5.34. The fraction of sp³-hybridized carbons (Fsp3) is 0.182. The molecule has 156 valence electrons. The van der Waals surface area contributed by atoms with Crippen molar-refractivity contribution in [1.29, 1.82) is 0 Å². The van der Waals surface area contributed by atoms with Crippen LogP contribution in [0.15, 0.2) is 54.7 Å². The predicted molar refractivity (Wildman–Crippen MR) is 121 cm³/mol. The average molecular weight is 445 g/mol. The molecule has 30 heavy (non-hydrogen) atoms. The highest BCUT2D eigenvalue weighted by Crippen LogP contribution is 2.27. The number of nitrogens with two attached hydrogens (primary N) is 1. The molecule has 3 aromatic rings. The van der Waals surface area contributed by atoms with Gasteiger partial charge in [0.1, 0.15) is 6.61 Å². The Balaban J connectivity index is 1.65. The number of ether oxygens (including phenoxy) is 1. The molecule has 1 heterocycles. The molecular weight excluding hydrogens is 423 g/mol. The van der Waals surface area contributed by atoms with Crippen LogP contribution in [0.1, 0.15) is 21.5 Å². The minimum absolute atomic E-state index is 0.105. The number of hydrogen-bond acceptors (Lipinski definition) is 5. The maximum absolute atomic E-state index is 12.5. The van der Waals surface area contributed by atoms with Crippen molar-refractivity contribution in [2.75, 3.05) is 24.7 Å². The van der Waals surface area contributed by atoms with Crippen LogP contribution in [0.3, 0.4) is 0 Å². The second-order valence-electron chi connectivity index (χ2n) is 6.84. The van der Waals surface area contributed by atoms with Gasteiger partial charge in [-0.15, -0.1) is 0 Å². The second kappa shape index (κ2) is 9.69. The van der Waals surface area contributed by atoms with Crippen LogP contribution in [-0.2, 0) is 13.2 Å². The van der Waals surface area contributed by atoms with Gasteiger partial charge in [0.25, 0.3) is 5.91 Å². The van der Waals surface area contributed by atoms with Gasteiger partial charge in [0.05, 0.1) is 5.56 Å². The molecule has 0 saturated carbocycles. The third-order valence-electron chi connectivity index (χ3n) is 4.48. The zero-order valence-corrected chi connectivity index (χ0v) is 18.2. The summed E-state index contributed by atoms with van der Waals surface area (Å²) in [6, 6.07) is 14.7. The topological polar surface area (TPSA) is 80.5 Å². The molecule has 0 atom stereocenters. The Morgan fingerprint density at radius 3 is 2.43 bits per heavy atom. The van der Waals surface area contributed by atoms with E-state index in [1.165, 1.54) is 6.20 Å². The van der Waals surface area contributed by atoms with E-state index in [4.69, 9.17) is 33.7 Å². The normalized spacial score (nSPS) is 10.5. The minimum Gasteiger partial charge on any atom is -0.485 e. The quantitative estimate of drug-likeness (QED) is 0.558. The molecule has 8 heteroatoms. The van der Waals surface area contributed by atoms with Crippen molar-refractivity contribution < 1.29 is 9.53 Å². The first-order chi connectivity index (χ1) is 14.3. The molecule has 0 spiro atoms. The molecule has 1 amide bonds. The molecule has 0 aliphatic heterocycles. The summed E-state index contributed by atoms with van der Waals surface area (Å²) in [6.07, 6.45) is 1.41. The molecule has 0 saturated heterocycles. The predicted octanol–water partition coefficient (Wildman–Crippen LogP) is 4.55. The summed E-state index contributed by atoms with van der Waals surface area (Å²) in [6.45, 7) is 0.496. The smallest absolute Gasteiger partial charge is 0.253 e. The molecule has 2 aromatic carbocycles. The van der Waals surface area contributed by atoms with Crippen molar-refractivity contribution in [3.8, 4) is 5.75 Å². The molecule has 1 aromatic heterocycles. The Morgan fingerprint density at radius 2 is 1.80 bits per heavy atom. The van der Waals surface area contributed by atoms with Crippen molar-refractivity contribution in [3.63, 3.8) is 0 Å². The largest absolute Gasteiger partial charge is 0.485 e. The van der Waals surface area contributed by atoms with Gasteiger partial charge in [-0.3, -0.25) is 4.79 Å². The molecule has 3 rings (SSSR count). The molecule has 3 N–H and O–H groups in total. The highest BCUT2D eigenvalue weighted by molar-refractivity contribution is 6.35. The van der Waals surface area contributed by atoms with E-state index in [0.717, 1.165) is 11.3 Å². The number of pyridine rings is 1. The van der Waals surface area contributed by atoms with Gasteiger partial charge in [0, 0.05) is 48.1 Å². The summed E-state index contributed by atoms with van der Waals surface area (Å²) < 4.78 is 5.73. The molecule has 0 fully saturated rings. The fourth-order valence-electron chi connectivity index (χ4n) is 2.71. The monoisotopic (exact) mass is 444 g/mol. The van der Waals surface area contributed by atoms with Crippen LogP contribution in [0.5, 0.6) is 5.75 Å². The number of nitrogens with zero attached hydrogens (tertiary/aromatic N) is 2. The van der Waals surface area contributed by atoms with Crippen molar-refractivity contribution >= 4 is 40.6 Å². The van der Waals surface area contributed by atoms with Gasteiger partial charge in [0.15, 0.2) is 11.6 Å². The van der Waals surface area contributed by atoms with Crippen LogP contribution in [0.4, 0.5) is 11.5 Å². The van der Waals surface area contributed by atoms with Gasteiger partial charge in [-0.05, 0) is 35.9 Å². The van der Waals surface area contributed by atoms with Crippen LogP contribution in [-0.4, -0.2) is 25.0 Å². The van der Waals surface area contributed by atoms with E-state index in [0.29, 0.717) is 27.7 Å². The first-order valence-corrected chi connectivity index (χ1v) is 9.96. The molecule has 0 aliphatic carbocycles. The number of aromatic nitrogens is 1. The van der Waals surface area contributed by atoms with E-state index in [1.807, 2.05) is 43.3 Å². The van der Waals surface area contributed by atoms with Crippen LogP contribution < -0.4 is 20.7 Å². The average Bonchev–Trinajstić information content (AvgIpc) is 2.73. The van der Waals surface area contributed by atoms with Gasteiger partial charge in [-0.2, -0.15) is 0 Å². The van der Waals surface area contributed by atoms with Crippen molar-refractivity contribution in [3.05, 3.63) is 81.5 Å². The Hall–Kier alpha value is -2.96. The van der Waals surface area contributed by atoms with Crippen molar-refractivity contribution in [2.45, 2.75) is 13.2 Å². The number of halogens is 2. The maximum atomic E-state index is 12.5. The van der Waals surface area contributed by atoms with E-state index < -0.39 is 0 Å². The Morgan fingerprint density at radius 1 is 1.13 bits per heavy atom. The molecule has 0 bridgehead atoms. The molecule has 0 aliphatic rings. The van der Waals surface area contributed by atoms with Crippen LogP contribution in [0.2, 0.25) is 10.0 Å². The molecular formula is C22H22Cl2N4O2. The number of rotatable bonds is 7. The fourth-order valence-corrected chi connectivity index (χ4v) is 3.22. The van der Waals surface area contributed by atoms with Crippen LogP contribution >= 0.6 is 23.2 Å². The molecule has 0 radical (unpaired) electrons.